The van der Waals surface area contributed by atoms with E-state index in [4.69, 9.17) is 20.9 Å². The molecule has 3 aromatic rings. The fourth-order valence-corrected chi connectivity index (χ4v) is 2.22. The van der Waals surface area contributed by atoms with Gasteiger partial charge in [-0.05, 0) is 66.7 Å². The molecule has 0 unspecified atom stereocenters. The Morgan fingerprint density at radius 3 is 1.58 bits per heavy atom. The van der Waals surface area contributed by atoms with Crippen LogP contribution in [-0.2, 0) is 6.18 Å². The summed E-state index contributed by atoms with van der Waals surface area (Å²) >= 11 is 0. The quantitative estimate of drug-likeness (QED) is 0.607. The van der Waals surface area contributed by atoms with Crippen LogP contribution in [0.2, 0.25) is 0 Å². The molecule has 7 heteroatoms. The molecule has 0 aliphatic heterocycles. The summed E-state index contributed by atoms with van der Waals surface area (Å²) in [6.45, 7) is 0. The van der Waals surface area contributed by atoms with Gasteiger partial charge in [0, 0.05) is 11.4 Å². The Morgan fingerprint density at radius 2 is 1.08 bits per heavy atom. The van der Waals surface area contributed by atoms with Crippen LogP contribution in [0.4, 0.5) is 24.5 Å². The van der Waals surface area contributed by atoms with Crippen LogP contribution >= 0.6 is 0 Å². The second-order valence-electron chi connectivity index (χ2n) is 5.50. The first-order valence-corrected chi connectivity index (χ1v) is 7.59. The molecule has 0 saturated heterocycles. The number of anilines is 2. The largest absolute Gasteiger partial charge is 0.457 e. The Hall–Kier alpha value is -3.35. The van der Waals surface area contributed by atoms with Crippen LogP contribution in [0.25, 0.3) is 0 Å². The van der Waals surface area contributed by atoms with Crippen molar-refractivity contribution in [1.29, 1.82) is 0 Å². The van der Waals surface area contributed by atoms with Crippen molar-refractivity contribution in [3.8, 4) is 23.0 Å². The van der Waals surface area contributed by atoms with Gasteiger partial charge in [0.2, 0.25) is 0 Å². The van der Waals surface area contributed by atoms with Crippen LogP contribution in [0.1, 0.15) is 5.56 Å². The van der Waals surface area contributed by atoms with Crippen molar-refractivity contribution < 1.29 is 22.6 Å². The first-order chi connectivity index (χ1) is 12.3. The minimum atomic E-state index is -4.61. The maximum absolute atomic E-state index is 13.4. The monoisotopic (exact) mass is 360 g/mol. The summed E-state index contributed by atoms with van der Waals surface area (Å²) in [5.41, 5.74) is 11.2. The summed E-state index contributed by atoms with van der Waals surface area (Å²) in [5.74, 6) is 0.329. The van der Waals surface area contributed by atoms with Crippen LogP contribution in [0, 0.1) is 0 Å². The third kappa shape index (κ3) is 4.18. The lowest BCUT2D eigenvalue weighted by molar-refractivity contribution is -0.138. The standard InChI is InChI=1S/C19H15F3N2O2/c20-19(21,22)17-11-16(25-14-5-1-12(23)2-6-14)9-10-18(17)26-15-7-3-13(24)4-8-15/h1-11H,23-24H2. The van der Waals surface area contributed by atoms with E-state index in [0.29, 0.717) is 17.1 Å². The molecule has 0 aliphatic rings. The number of benzene rings is 3. The maximum atomic E-state index is 13.4. The van der Waals surface area contributed by atoms with Gasteiger partial charge < -0.3 is 20.9 Å². The first kappa shape index (κ1) is 17.5. The Bertz CT molecular complexity index is 892. The van der Waals surface area contributed by atoms with Crippen LogP contribution in [0.3, 0.4) is 0 Å². The molecule has 0 aliphatic carbocycles. The number of ether oxygens (including phenoxy) is 2. The van der Waals surface area contributed by atoms with Gasteiger partial charge in [-0.15, -0.1) is 0 Å². The topological polar surface area (TPSA) is 70.5 Å². The molecule has 0 amide bonds. The highest BCUT2D eigenvalue weighted by Gasteiger charge is 2.35. The molecule has 0 saturated carbocycles. The smallest absolute Gasteiger partial charge is 0.420 e. The van der Waals surface area contributed by atoms with E-state index in [-0.39, 0.29) is 17.2 Å². The van der Waals surface area contributed by atoms with E-state index in [1.54, 1.807) is 36.4 Å². The zero-order chi connectivity index (χ0) is 18.7. The molecule has 0 heterocycles. The number of hydrogen-bond acceptors (Lipinski definition) is 4. The van der Waals surface area contributed by atoms with Gasteiger partial charge in [0.1, 0.15) is 28.6 Å². The highest BCUT2D eigenvalue weighted by molar-refractivity contribution is 5.48. The van der Waals surface area contributed by atoms with E-state index in [2.05, 4.69) is 0 Å². The number of nitrogens with two attached hydrogens (primary N) is 2. The predicted molar refractivity (Wildman–Crippen MR) is 93.3 cm³/mol. The van der Waals surface area contributed by atoms with Gasteiger partial charge in [-0.2, -0.15) is 13.2 Å². The summed E-state index contributed by atoms with van der Waals surface area (Å²) in [4.78, 5) is 0. The minimum absolute atomic E-state index is 0.0340. The fraction of sp³-hybridized carbons (Fsp3) is 0.0526. The second kappa shape index (κ2) is 6.87. The van der Waals surface area contributed by atoms with Gasteiger partial charge in [-0.1, -0.05) is 0 Å². The first-order valence-electron chi connectivity index (χ1n) is 7.59. The van der Waals surface area contributed by atoms with Gasteiger partial charge in [0.15, 0.2) is 0 Å². The lowest BCUT2D eigenvalue weighted by atomic mass is 10.1. The van der Waals surface area contributed by atoms with Gasteiger partial charge in [-0.25, -0.2) is 0 Å². The van der Waals surface area contributed by atoms with Gasteiger partial charge in [-0.3, -0.25) is 0 Å². The van der Waals surface area contributed by atoms with Crippen molar-refractivity contribution in [3.05, 3.63) is 72.3 Å². The molecule has 26 heavy (non-hydrogen) atoms. The molecule has 3 rings (SSSR count). The molecule has 0 radical (unpaired) electrons. The van der Waals surface area contributed by atoms with Gasteiger partial charge in [0.05, 0.1) is 0 Å². The number of nitrogen functional groups attached to an aromatic ring is 2. The third-order valence-corrected chi connectivity index (χ3v) is 3.48. The molecule has 134 valence electrons. The van der Waals surface area contributed by atoms with E-state index >= 15 is 0 Å². The molecule has 0 atom stereocenters. The number of alkyl halides is 3. The summed E-state index contributed by atoms with van der Waals surface area (Å²) < 4.78 is 51.1. The van der Waals surface area contributed by atoms with Crippen molar-refractivity contribution in [1.82, 2.24) is 0 Å². The lowest BCUT2D eigenvalue weighted by Crippen LogP contribution is -2.07. The zero-order valence-corrected chi connectivity index (χ0v) is 13.5. The molecule has 0 bridgehead atoms. The van der Waals surface area contributed by atoms with Crippen LogP contribution in [-0.4, -0.2) is 0 Å². The third-order valence-electron chi connectivity index (χ3n) is 3.48. The van der Waals surface area contributed by atoms with Crippen LogP contribution < -0.4 is 20.9 Å². The summed E-state index contributed by atoms with van der Waals surface area (Å²) in [6.07, 6.45) is -4.61. The Kier molecular flexibility index (Phi) is 4.62. The number of halogens is 3. The van der Waals surface area contributed by atoms with Crippen molar-refractivity contribution in [3.63, 3.8) is 0 Å². The van der Waals surface area contributed by atoms with E-state index in [9.17, 15) is 13.2 Å². The van der Waals surface area contributed by atoms with Gasteiger partial charge >= 0.3 is 6.18 Å². The van der Waals surface area contributed by atoms with E-state index in [1.807, 2.05) is 0 Å². The highest BCUT2D eigenvalue weighted by atomic mass is 19.4. The zero-order valence-electron chi connectivity index (χ0n) is 13.5. The maximum Gasteiger partial charge on any atom is 0.420 e. The summed E-state index contributed by atoms with van der Waals surface area (Å²) in [6, 6.07) is 15.9. The Morgan fingerprint density at radius 1 is 0.615 bits per heavy atom. The molecule has 0 fully saturated rings. The number of rotatable bonds is 4. The van der Waals surface area contributed by atoms with E-state index in [0.717, 1.165) is 6.07 Å². The van der Waals surface area contributed by atoms with Crippen LogP contribution in [0.5, 0.6) is 23.0 Å². The second-order valence-corrected chi connectivity index (χ2v) is 5.50. The molecule has 4 N–H and O–H groups in total. The predicted octanol–water partition coefficient (Wildman–Crippen LogP) is 5.45. The average Bonchev–Trinajstić information content (AvgIpc) is 2.59. The van der Waals surface area contributed by atoms with Crippen molar-refractivity contribution in [2.24, 2.45) is 0 Å². The molecule has 4 nitrogen and oxygen atoms in total. The lowest BCUT2D eigenvalue weighted by Gasteiger charge is -2.15. The molecule has 0 spiro atoms. The fourth-order valence-electron chi connectivity index (χ4n) is 2.22. The molecule has 0 aromatic heterocycles. The normalized spacial score (nSPS) is 11.2. The average molecular weight is 360 g/mol. The summed E-state index contributed by atoms with van der Waals surface area (Å²) in [7, 11) is 0. The molecule has 3 aromatic carbocycles. The van der Waals surface area contributed by atoms with Gasteiger partial charge in [0.25, 0.3) is 0 Å². The van der Waals surface area contributed by atoms with E-state index < -0.39 is 11.7 Å². The number of hydrogen-bond donors (Lipinski definition) is 2. The summed E-state index contributed by atoms with van der Waals surface area (Å²) in [5, 5.41) is 0. The highest BCUT2D eigenvalue weighted by Crippen LogP contribution is 2.41. The van der Waals surface area contributed by atoms with Crippen molar-refractivity contribution >= 4 is 11.4 Å². The van der Waals surface area contributed by atoms with Crippen molar-refractivity contribution in [2.75, 3.05) is 11.5 Å². The Labute approximate surface area is 147 Å². The minimum Gasteiger partial charge on any atom is -0.457 e. The van der Waals surface area contributed by atoms with Crippen molar-refractivity contribution in [2.45, 2.75) is 6.18 Å². The molecular formula is C19H15F3N2O2. The molecular weight excluding hydrogens is 345 g/mol. The Balaban J connectivity index is 1.90. The van der Waals surface area contributed by atoms with E-state index in [1.165, 1.54) is 24.3 Å². The van der Waals surface area contributed by atoms with Crippen LogP contribution in [0.15, 0.2) is 66.7 Å². The SMILES string of the molecule is Nc1ccc(Oc2ccc(Oc3ccc(N)cc3)c(C(F)(F)F)c2)cc1.